The van der Waals surface area contributed by atoms with Crippen molar-refractivity contribution in [2.24, 2.45) is 28.6 Å². The maximum atomic E-state index is 13.8. The van der Waals surface area contributed by atoms with E-state index in [1.165, 1.54) is 0 Å². The molecule has 0 radical (unpaired) electrons. The molecule has 1 saturated carbocycles. The standard InChI is InChI=1S/C29H26F14O5/c1-22-9-7-14(48-21(46)25(32,33)27(36,37)29(41,42)43)11-13(22)3-4-15-16-5-6-18(23(16,2)10-8-17(15)22)19(44)12-47-20(45)24(30,31)26(34,35)28(38,39)40/h3,8,11,15-16,18H,4-7,9-10,12H2,1-2H3. The van der Waals surface area contributed by atoms with Crippen LogP contribution in [0, 0.1) is 28.6 Å². The zero-order valence-electron chi connectivity index (χ0n) is 24.7. The van der Waals surface area contributed by atoms with Crippen LogP contribution in [0.2, 0.25) is 0 Å². The molecule has 270 valence electrons. The molecule has 0 saturated heterocycles. The lowest BCUT2D eigenvalue weighted by molar-refractivity contribution is -0.348. The number of carbonyl (C=O) groups excluding carboxylic acids is 3. The second-order valence-corrected chi connectivity index (χ2v) is 12.8. The number of fused-ring (bicyclic) bond motifs is 5. The van der Waals surface area contributed by atoms with Gasteiger partial charge in [-0.2, -0.15) is 61.5 Å². The van der Waals surface area contributed by atoms with Crippen molar-refractivity contribution in [2.45, 2.75) is 88.4 Å². The molecule has 0 aromatic heterocycles. The van der Waals surface area contributed by atoms with Crippen LogP contribution in [0.1, 0.15) is 52.4 Å². The third-order valence-electron chi connectivity index (χ3n) is 10.1. The Labute approximate surface area is 262 Å². The number of Topliss-reactive ketones (excluding diaryl/α,β-unsaturated/α-hetero) is 1. The summed E-state index contributed by atoms with van der Waals surface area (Å²) >= 11 is 0. The summed E-state index contributed by atoms with van der Waals surface area (Å²) in [6.07, 6.45) is -8.48. The summed E-state index contributed by atoms with van der Waals surface area (Å²) in [5.74, 6) is -35.4. The molecule has 0 amide bonds. The smallest absolute Gasteiger partial charge is 0.453 e. The molecule has 5 unspecified atom stereocenters. The number of halogens is 14. The fourth-order valence-corrected chi connectivity index (χ4v) is 7.35. The molecular weight excluding hydrogens is 694 g/mol. The van der Waals surface area contributed by atoms with E-state index in [9.17, 15) is 75.8 Å². The minimum absolute atomic E-state index is 0.0417. The zero-order valence-corrected chi connectivity index (χ0v) is 24.7. The van der Waals surface area contributed by atoms with Gasteiger partial charge in [0.05, 0.1) is 0 Å². The van der Waals surface area contributed by atoms with Crippen molar-refractivity contribution in [2.75, 3.05) is 6.61 Å². The van der Waals surface area contributed by atoms with Crippen molar-refractivity contribution >= 4 is 17.7 Å². The normalized spacial score (nSPS) is 29.8. The molecule has 4 rings (SSSR count). The Balaban J connectivity index is 1.48. The minimum atomic E-state index is -6.79. The van der Waals surface area contributed by atoms with Crippen molar-refractivity contribution in [1.82, 2.24) is 0 Å². The summed E-state index contributed by atoms with van der Waals surface area (Å²) in [6, 6.07) is 0. The third kappa shape index (κ3) is 5.59. The number of esters is 2. The Morgan fingerprint density at radius 3 is 1.88 bits per heavy atom. The fourth-order valence-electron chi connectivity index (χ4n) is 7.35. The van der Waals surface area contributed by atoms with E-state index in [0.29, 0.717) is 12.0 Å². The second-order valence-electron chi connectivity index (χ2n) is 12.8. The number of allylic oxidation sites excluding steroid dienone is 6. The van der Waals surface area contributed by atoms with Crippen LogP contribution in [0.5, 0.6) is 0 Å². The highest BCUT2D eigenvalue weighted by atomic mass is 19.4. The topological polar surface area (TPSA) is 69.7 Å². The molecule has 5 atom stereocenters. The van der Waals surface area contributed by atoms with E-state index in [1.54, 1.807) is 26.0 Å². The summed E-state index contributed by atoms with van der Waals surface area (Å²) in [5, 5.41) is 0. The first-order chi connectivity index (χ1) is 21.6. The van der Waals surface area contributed by atoms with E-state index in [1.807, 2.05) is 0 Å². The third-order valence-corrected chi connectivity index (χ3v) is 10.1. The fraction of sp³-hybridized carbons (Fsp3) is 0.690. The largest absolute Gasteiger partial charge is 0.460 e. The van der Waals surface area contributed by atoms with Crippen LogP contribution in [0.25, 0.3) is 0 Å². The van der Waals surface area contributed by atoms with Gasteiger partial charge in [0.2, 0.25) is 0 Å². The van der Waals surface area contributed by atoms with Gasteiger partial charge >= 0.3 is 48.0 Å². The highest BCUT2D eigenvalue weighted by molar-refractivity contribution is 5.87. The maximum absolute atomic E-state index is 13.8. The molecule has 0 N–H and O–H groups in total. The first-order valence-corrected chi connectivity index (χ1v) is 14.3. The molecule has 0 aromatic rings. The minimum Gasteiger partial charge on any atom is -0.453 e. The van der Waals surface area contributed by atoms with Crippen molar-refractivity contribution < 1.29 is 85.3 Å². The Bertz CT molecular complexity index is 1460. The molecule has 48 heavy (non-hydrogen) atoms. The average molecular weight is 720 g/mol. The molecule has 1 fully saturated rings. The number of rotatable bonds is 8. The van der Waals surface area contributed by atoms with Crippen molar-refractivity contribution in [1.29, 1.82) is 0 Å². The van der Waals surface area contributed by atoms with E-state index >= 15 is 0 Å². The number of hydrogen-bond acceptors (Lipinski definition) is 5. The lowest BCUT2D eigenvalue weighted by atomic mass is 9.52. The Morgan fingerprint density at radius 1 is 0.792 bits per heavy atom. The lowest BCUT2D eigenvalue weighted by Crippen LogP contribution is -2.57. The van der Waals surface area contributed by atoms with E-state index < -0.39 is 82.9 Å². The molecule has 0 heterocycles. The summed E-state index contributed by atoms with van der Waals surface area (Å²) in [5.41, 5.74) is -0.571. The summed E-state index contributed by atoms with van der Waals surface area (Å²) in [7, 11) is 0. The molecule has 4 aliphatic carbocycles. The van der Waals surface area contributed by atoms with Crippen molar-refractivity contribution in [3.05, 3.63) is 35.1 Å². The van der Waals surface area contributed by atoms with Gasteiger partial charge in [-0.1, -0.05) is 31.6 Å². The van der Waals surface area contributed by atoms with Gasteiger partial charge in [0.25, 0.3) is 0 Å². The van der Waals surface area contributed by atoms with Gasteiger partial charge in [0.15, 0.2) is 12.4 Å². The number of ketones is 1. The Kier molecular flexibility index (Phi) is 8.99. The second kappa shape index (κ2) is 11.5. The number of alkyl halides is 14. The summed E-state index contributed by atoms with van der Waals surface area (Å²) < 4.78 is 191. The number of carbonyl (C=O) groups is 3. The maximum Gasteiger partial charge on any atom is 0.460 e. The first kappa shape index (κ1) is 37.7. The van der Waals surface area contributed by atoms with Gasteiger partial charge < -0.3 is 9.47 Å². The molecule has 0 bridgehead atoms. The van der Waals surface area contributed by atoms with Crippen LogP contribution in [-0.4, -0.2) is 60.4 Å². The van der Waals surface area contributed by atoms with Crippen LogP contribution in [-0.2, 0) is 23.9 Å². The molecular formula is C29H26F14O5. The van der Waals surface area contributed by atoms with Crippen LogP contribution in [0.3, 0.4) is 0 Å². The van der Waals surface area contributed by atoms with Crippen LogP contribution in [0.4, 0.5) is 61.5 Å². The van der Waals surface area contributed by atoms with Gasteiger partial charge in [-0.15, -0.1) is 0 Å². The van der Waals surface area contributed by atoms with Gasteiger partial charge in [0, 0.05) is 17.8 Å². The molecule has 19 heteroatoms. The van der Waals surface area contributed by atoms with Crippen LogP contribution in [0.15, 0.2) is 35.1 Å². The van der Waals surface area contributed by atoms with Gasteiger partial charge in [-0.05, 0) is 61.0 Å². The SMILES string of the molecule is CC12CCC(OC(=O)C(F)(F)C(F)(F)C(F)(F)F)=CC1=CCC1C2=CCC2(C)C(C(=O)COC(=O)C(F)(F)C(F)(F)C(F)(F)F)CCC12. The molecule has 5 nitrogen and oxygen atoms in total. The molecule has 0 spiro atoms. The highest BCUT2D eigenvalue weighted by Gasteiger charge is 2.78. The van der Waals surface area contributed by atoms with Crippen molar-refractivity contribution in [3.8, 4) is 0 Å². The monoisotopic (exact) mass is 720 g/mol. The predicted octanol–water partition coefficient (Wildman–Crippen LogP) is 8.30. The summed E-state index contributed by atoms with van der Waals surface area (Å²) in [4.78, 5) is 36.3. The number of hydrogen-bond donors (Lipinski definition) is 0. The molecule has 4 aliphatic rings. The van der Waals surface area contributed by atoms with Crippen LogP contribution >= 0.6 is 0 Å². The predicted molar refractivity (Wildman–Crippen MR) is 133 cm³/mol. The number of ether oxygens (including phenoxy) is 2. The van der Waals surface area contributed by atoms with E-state index in [0.717, 1.165) is 11.6 Å². The van der Waals surface area contributed by atoms with Gasteiger partial charge in [0.1, 0.15) is 5.76 Å². The van der Waals surface area contributed by atoms with Crippen molar-refractivity contribution in [3.63, 3.8) is 0 Å². The zero-order chi connectivity index (χ0) is 36.7. The highest BCUT2D eigenvalue weighted by Crippen LogP contribution is 2.64. The van der Waals surface area contributed by atoms with Crippen LogP contribution < -0.4 is 0 Å². The quantitative estimate of drug-likeness (QED) is 0.144. The molecule has 0 aromatic carbocycles. The average Bonchev–Trinajstić information content (AvgIpc) is 3.31. The summed E-state index contributed by atoms with van der Waals surface area (Å²) in [6.45, 7) is 1.92. The van der Waals surface area contributed by atoms with Gasteiger partial charge in [-0.3, -0.25) is 4.79 Å². The lowest BCUT2D eigenvalue weighted by Gasteiger charge is -2.52. The van der Waals surface area contributed by atoms with E-state index in [4.69, 9.17) is 0 Å². The first-order valence-electron chi connectivity index (χ1n) is 14.3. The Morgan fingerprint density at radius 2 is 1.33 bits per heavy atom. The molecule has 0 aliphatic heterocycles. The van der Waals surface area contributed by atoms with E-state index in [2.05, 4.69) is 9.47 Å². The Hall–Kier alpha value is -3.15. The van der Waals surface area contributed by atoms with E-state index in [-0.39, 0.29) is 43.9 Å². The van der Waals surface area contributed by atoms with Gasteiger partial charge in [-0.25, -0.2) is 9.59 Å².